The van der Waals surface area contributed by atoms with Crippen molar-refractivity contribution in [1.29, 1.82) is 0 Å². The van der Waals surface area contributed by atoms with Crippen LogP contribution in [0.3, 0.4) is 0 Å². The summed E-state index contributed by atoms with van der Waals surface area (Å²) in [6.45, 7) is 3.74. The molecule has 1 fully saturated rings. The van der Waals surface area contributed by atoms with Crippen molar-refractivity contribution in [2.24, 2.45) is 0 Å². The molecular weight excluding hydrogens is 224 g/mol. The van der Waals surface area contributed by atoms with Crippen LogP contribution in [-0.2, 0) is 0 Å². The van der Waals surface area contributed by atoms with Crippen molar-refractivity contribution >= 4 is 11.8 Å². The standard InChI is InChI=1S/C11H16N2O2S/c1-6(2)8-10(14)12-9(13-11(8)15)7-4-3-5-16-7/h6-7H,3-5H2,1-2H3,(H2,12,13,14,15). The van der Waals surface area contributed by atoms with E-state index in [2.05, 4.69) is 9.97 Å². The molecule has 1 atom stereocenters. The van der Waals surface area contributed by atoms with Gasteiger partial charge in [-0.3, -0.25) is 4.79 Å². The van der Waals surface area contributed by atoms with Crippen molar-refractivity contribution in [2.75, 3.05) is 5.75 Å². The van der Waals surface area contributed by atoms with E-state index in [0.717, 1.165) is 18.6 Å². The van der Waals surface area contributed by atoms with Crippen LogP contribution >= 0.6 is 11.8 Å². The topological polar surface area (TPSA) is 66.0 Å². The first kappa shape index (κ1) is 11.5. The van der Waals surface area contributed by atoms with Crippen LogP contribution < -0.4 is 5.56 Å². The summed E-state index contributed by atoms with van der Waals surface area (Å²) in [6.07, 6.45) is 2.17. The fourth-order valence-corrected chi connectivity index (χ4v) is 3.17. The first-order chi connectivity index (χ1) is 7.59. The maximum Gasteiger partial charge on any atom is 0.258 e. The monoisotopic (exact) mass is 240 g/mol. The maximum absolute atomic E-state index is 11.8. The van der Waals surface area contributed by atoms with Crippen LogP contribution in [0.15, 0.2) is 4.79 Å². The summed E-state index contributed by atoms with van der Waals surface area (Å²) in [6, 6.07) is 0. The number of nitrogens with zero attached hydrogens (tertiary/aromatic N) is 1. The van der Waals surface area contributed by atoms with Crippen LogP contribution in [0.2, 0.25) is 0 Å². The zero-order chi connectivity index (χ0) is 11.7. The van der Waals surface area contributed by atoms with Gasteiger partial charge in [0.1, 0.15) is 5.82 Å². The lowest BCUT2D eigenvalue weighted by molar-refractivity contribution is 0.435. The van der Waals surface area contributed by atoms with Crippen LogP contribution in [0.5, 0.6) is 5.88 Å². The second-order valence-corrected chi connectivity index (χ2v) is 5.66. The second-order valence-electron chi connectivity index (χ2n) is 4.34. The van der Waals surface area contributed by atoms with Gasteiger partial charge in [-0.05, 0) is 24.5 Å². The van der Waals surface area contributed by atoms with E-state index in [4.69, 9.17) is 0 Å². The highest BCUT2D eigenvalue weighted by Gasteiger charge is 2.22. The average molecular weight is 240 g/mol. The lowest BCUT2D eigenvalue weighted by Gasteiger charge is -2.11. The number of hydrogen-bond acceptors (Lipinski definition) is 4. The Balaban J connectivity index is 2.40. The lowest BCUT2D eigenvalue weighted by atomic mass is 10.1. The number of thioether (sulfide) groups is 1. The van der Waals surface area contributed by atoms with Gasteiger partial charge in [-0.25, -0.2) is 0 Å². The largest absolute Gasteiger partial charge is 0.493 e. The molecule has 1 aromatic heterocycles. The van der Waals surface area contributed by atoms with Gasteiger partial charge in [-0.1, -0.05) is 13.8 Å². The lowest BCUT2D eigenvalue weighted by Crippen LogP contribution is -2.18. The molecule has 0 radical (unpaired) electrons. The minimum atomic E-state index is -0.204. The van der Waals surface area contributed by atoms with Gasteiger partial charge in [0.05, 0.1) is 10.8 Å². The minimum Gasteiger partial charge on any atom is -0.493 e. The van der Waals surface area contributed by atoms with Crippen molar-refractivity contribution in [3.63, 3.8) is 0 Å². The minimum absolute atomic E-state index is 0.0125. The Labute approximate surface area is 98.5 Å². The van der Waals surface area contributed by atoms with E-state index in [1.54, 1.807) is 11.8 Å². The highest BCUT2D eigenvalue weighted by molar-refractivity contribution is 7.99. The molecule has 4 nitrogen and oxygen atoms in total. The smallest absolute Gasteiger partial charge is 0.258 e. The second kappa shape index (κ2) is 4.49. The van der Waals surface area contributed by atoms with Gasteiger partial charge in [0.25, 0.3) is 5.56 Å². The summed E-state index contributed by atoms with van der Waals surface area (Å²) in [5, 5.41) is 10.00. The van der Waals surface area contributed by atoms with Crippen LogP contribution in [-0.4, -0.2) is 20.8 Å². The molecule has 16 heavy (non-hydrogen) atoms. The highest BCUT2D eigenvalue weighted by atomic mass is 32.2. The summed E-state index contributed by atoms with van der Waals surface area (Å²) in [5.41, 5.74) is 0.178. The van der Waals surface area contributed by atoms with Gasteiger partial charge >= 0.3 is 0 Å². The summed E-state index contributed by atoms with van der Waals surface area (Å²) in [5.74, 6) is 1.60. The highest BCUT2D eigenvalue weighted by Crippen LogP contribution is 2.38. The van der Waals surface area contributed by atoms with Gasteiger partial charge in [0, 0.05) is 0 Å². The predicted molar refractivity (Wildman–Crippen MR) is 65.0 cm³/mol. The molecule has 1 aliphatic heterocycles. The Morgan fingerprint density at radius 3 is 2.81 bits per heavy atom. The van der Waals surface area contributed by atoms with Gasteiger partial charge in [0.2, 0.25) is 5.88 Å². The summed E-state index contributed by atoms with van der Waals surface area (Å²) >= 11 is 1.78. The van der Waals surface area contributed by atoms with E-state index in [9.17, 15) is 9.90 Å². The quantitative estimate of drug-likeness (QED) is 0.831. The normalized spacial score (nSPS) is 20.6. The van der Waals surface area contributed by atoms with Crippen LogP contribution in [0.1, 0.15) is 49.2 Å². The van der Waals surface area contributed by atoms with E-state index in [-0.39, 0.29) is 22.6 Å². The zero-order valence-electron chi connectivity index (χ0n) is 9.49. The molecule has 0 aromatic carbocycles. The van der Waals surface area contributed by atoms with Crippen LogP contribution in [0.4, 0.5) is 0 Å². The number of aromatic amines is 1. The molecular formula is C11H16N2O2S. The first-order valence-electron chi connectivity index (χ1n) is 5.54. The van der Waals surface area contributed by atoms with Crippen molar-refractivity contribution in [2.45, 2.75) is 37.9 Å². The van der Waals surface area contributed by atoms with Crippen LogP contribution in [0, 0.1) is 0 Å². The Hall–Kier alpha value is -0.970. The van der Waals surface area contributed by atoms with Gasteiger partial charge in [-0.2, -0.15) is 16.7 Å². The number of nitrogens with one attached hydrogen (secondary N) is 1. The molecule has 2 heterocycles. The number of H-pyrrole nitrogens is 1. The number of hydrogen-bond donors (Lipinski definition) is 2. The number of aromatic nitrogens is 2. The van der Waals surface area contributed by atoms with E-state index in [0.29, 0.717) is 11.4 Å². The van der Waals surface area contributed by atoms with Crippen molar-refractivity contribution in [1.82, 2.24) is 9.97 Å². The maximum atomic E-state index is 11.8. The molecule has 0 spiro atoms. The summed E-state index contributed by atoms with van der Waals surface area (Å²) in [7, 11) is 0. The van der Waals surface area contributed by atoms with Crippen LogP contribution in [0.25, 0.3) is 0 Å². The summed E-state index contributed by atoms with van der Waals surface area (Å²) in [4.78, 5) is 18.7. The summed E-state index contributed by atoms with van der Waals surface area (Å²) < 4.78 is 0. The van der Waals surface area contributed by atoms with Crippen molar-refractivity contribution < 1.29 is 5.11 Å². The van der Waals surface area contributed by atoms with E-state index >= 15 is 0 Å². The molecule has 0 bridgehead atoms. The Bertz CT molecular complexity index is 436. The van der Waals surface area contributed by atoms with Crippen molar-refractivity contribution in [3.05, 3.63) is 21.7 Å². The average Bonchev–Trinajstić information content (AvgIpc) is 2.67. The fraction of sp³-hybridized carbons (Fsp3) is 0.636. The fourth-order valence-electron chi connectivity index (χ4n) is 1.95. The van der Waals surface area contributed by atoms with Gasteiger partial charge in [-0.15, -0.1) is 0 Å². The van der Waals surface area contributed by atoms with Gasteiger partial charge in [0.15, 0.2) is 0 Å². The first-order valence-corrected chi connectivity index (χ1v) is 6.59. The molecule has 0 aliphatic carbocycles. The number of aromatic hydroxyl groups is 1. The molecule has 5 heteroatoms. The van der Waals surface area contributed by atoms with E-state index in [1.807, 2.05) is 13.8 Å². The molecule has 0 amide bonds. The molecule has 1 saturated heterocycles. The third kappa shape index (κ3) is 2.09. The predicted octanol–water partition coefficient (Wildman–Crippen LogP) is 2.17. The molecule has 1 aliphatic rings. The van der Waals surface area contributed by atoms with E-state index in [1.165, 1.54) is 0 Å². The van der Waals surface area contributed by atoms with Gasteiger partial charge < -0.3 is 10.1 Å². The third-order valence-electron chi connectivity index (χ3n) is 2.77. The molecule has 1 aromatic rings. The molecule has 1 unspecified atom stereocenters. The molecule has 88 valence electrons. The Morgan fingerprint density at radius 1 is 1.56 bits per heavy atom. The number of rotatable bonds is 2. The SMILES string of the molecule is CC(C)c1c(O)nc(C2CCCS2)[nH]c1=O. The molecule has 2 N–H and O–H groups in total. The Kier molecular flexibility index (Phi) is 3.23. The van der Waals surface area contributed by atoms with Crippen molar-refractivity contribution in [3.8, 4) is 5.88 Å². The molecule has 2 rings (SSSR count). The Morgan fingerprint density at radius 2 is 2.31 bits per heavy atom. The zero-order valence-corrected chi connectivity index (χ0v) is 10.3. The van der Waals surface area contributed by atoms with E-state index < -0.39 is 0 Å². The molecule has 0 saturated carbocycles. The third-order valence-corrected chi connectivity index (χ3v) is 4.15.